The molecule has 4 rings (SSSR count). The van der Waals surface area contributed by atoms with Gasteiger partial charge in [0.05, 0.1) is 6.04 Å². The summed E-state index contributed by atoms with van der Waals surface area (Å²) in [5, 5.41) is 2.89. The lowest BCUT2D eigenvalue weighted by Crippen LogP contribution is -2.36. The number of carbonyl (C=O) groups is 1. The predicted molar refractivity (Wildman–Crippen MR) is 121 cm³/mol. The summed E-state index contributed by atoms with van der Waals surface area (Å²) in [7, 11) is 0. The van der Waals surface area contributed by atoms with Crippen LogP contribution in [0.25, 0.3) is 0 Å². The number of nitrogens with zero attached hydrogens (tertiary/aromatic N) is 3. The summed E-state index contributed by atoms with van der Waals surface area (Å²) in [6, 6.07) is 11.5. The van der Waals surface area contributed by atoms with Gasteiger partial charge in [0.2, 0.25) is 0 Å². The van der Waals surface area contributed by atoms with Crippen LogP contribution in [0.4, 0.5) is 0 Å². The first-order chi connectivity index (χ1) is 15.0. The minimum Gasteiger partial charge on any atom is -0.351 e. The van der Waals surface area contributed by atoms with Crippen LogP contribution in [-0.4, -0.2) is 27.0 Å². The minimum absolute atomic E-state index is 0.163. The molecule has 1 amide bonds. The molecule has 1 unspecified atom stereocenters. The van der Waals surface area contributed by atoms with E-state index in [0.29, 0.717) is 18.5 Å². The Morgan fingerprint density at radius 2 is 1.90 bits per heavy atom. The number of aryl methyl sites for hydroxylation is 3. The molecule has 6 nitrogen and oxygen atoms in total. The Morgan fingerprint density at radius 1 is 1.13 bits per heavy atom. The number of benzene rings is 1. The zero-order chi connectivity index (χ0) is 22.0. The second-order valence-corrected chi connectivity index (χ2v) is 8.18. The van der Waals surface area contributed by atoms with Crippen molar-refractivity contribution in [2.24, 2.45) is 0 Å². The molecule has 0 fully saturated rings. The average Bonchev–Trinajstić information content (AvgIpc) is 3.23. The Labute approximate surface area is 182 Å². The number of fused-ring (bicyclic) bond motifs is 1. The van der Waals surface area contributed by atoms with E-state index < -0.39 is 0 Å². The molecule has 0 spiro atoms. The summed E-state index contributed by atoms with van der Waals surface area (Å²) in [6.07, 6.45) is 5.49. The van der Waals surface area contributed by atoms with E-state index in [1.807, 2.05) is 50.2 Å². The van der Waals surface area contributed by atoms with Crippen LogP contribution < -0.4 is 10.9 Å². The molecule has 1 atom stereocenters. The van der Waals surface area contributed by atoms with Crippen LogP contribution >= 0.6 is 0 Å². The highest BCUT2D eigenvalue weighted by Crippen LogP contribution is 2.22. The van der Waals surface area contributed by atoms with Crippen LogP contribution in [0.1, 0.15) is 63.6 Å². The second-order valence-electron chi connectivity index (χ2n) is 8.18. The fourth-order valence-electron chi connectivity index (χ4n) is 4.29. The highest BCUT2D eigenvalue weighted by Gasteiger charge is 2.20. The largest absolute Gasteiger partial charge is 0.351 e. The minimum atomic E-state index is -0.352. The van der Waals surface area contributed by atoms with Crippen LogP contribution in [-0.2, 0) is 19.3 Å². The Bertz CT molecular complexity index is 1170. The normalized spacial score (nSPS) is 13.6. The molecule has 6 heteroatoms. The molecule has 0 saturated carbocycles. The summed E-state index contributed by atoms with van der Waals surface area (Å²) in [5.41, 5.74) is 5.06. The van der Waals surface area contributed by atoms with Gasteiger partial charge in [0, 0.05) is 30.6 Å². The smallest absolute Gasteiger partial charge is 0.264 e. The van der Waals surface area contributed by atoms with Gasteiger partial charge in [-0.25, -0.2) is 9.97 Å². The van der Waals surface area contributed by atoms with Crippen molar-refractivity contribution < 1.29 is 4.79 Å². The molecule has 1 aliphatic carbocycles. The maximum absolute atomic E-state index is 13.1. The summed E-state index contributed by atoms with van der Waals surface area (Å²) >= 11 is 0. The Morgan fingerprint density at radius 3 is 2.68 bits per heavy atom. The van der Waals surface area contributed by atoms with E-state index in [1.54, 1.807) is 17.7 Å². The number of carbonyl (C=O) groups excluding carboxylic acids is 1. The Hall–Kier alpha value is -3.28. The van der Waals surface area contributed by atoms with Crippen molar-refractivity contribution in [3.8, 4) is 0 Å². The van der Waals surface area contributed by atoms with E-state index >= 15 is 0 Å². The van der Waals surface area contributed by atoms with E-state index in [-0.39, 0.29) is 23.1 Å². The summed E-state index contributed by atoms with van der Waals surface area (Å²) in [5.74, 6) is 0.397. The van der Waals surface area contributed by atoms with E-state index in [1.165, 1.54) is 5.56 Å². The van der Waals surface area contributed by atoms with Gasteiger partial charge in [-0.1, -0.05) is 30.3 Å². The monoisotopic (exact) mass is 416 g/mol. The quantitative estimate of drug-likeness (QED) is 0.669. The van der Waals surface area contributed by atoms with Gasteiger partial charge in [0.15, 0.2) is 0 Å². The number of aromatic nitrogens is 3. The van der Waals surface area contributed by atoms with Crippen LogP contribution in [0.5, 0.6) is 0 Å². The molecule has 0 aliphatic heterocycles. The van der Waals surface area contributed by atoms with Crippen LogP contribution in [0.15, 0.2) is 47.4 Å². The third-order valence-electron chi connectivity index (χ3n) is 6.07. The van der Waals surface area contributed by atoms with Gasteiger partial charge in [-0.2, -0.15) is 0 Å². The fraction of sp³-hybridized carbons (Fsp3) is 0.360. The van der Waals surface area contributed by atoms with Gasteiger partial charge in [0.25, 0.3) is 11.5 Å². The van der Waals surface area contributed by atoms with E-state index in [2.05, 4.69) is 15.3 Å². The zero-order valence-corrected chi connectivity index (χ0v) is 18.3. The number of nitrogens with one attached hydrogen (secondary N) is 1. The summed E-state index contributed by atoms with van der Waals surface area (Å²) in [6.45, 7) is 6.17. The Kier molecular flexibility index (Phi) is 5.98. The number of hydrogen-bond donors (Lipinski definition) is 1. The van der Waals surface area contributed by atoms with Gasteiger partial charge in [-0.05, 0) is 62.8 Å². The van der Waals surface area contributed by atoms with Crippen molar-refractivity contribution in [2.75, 3.05) is 6.54 Å². The first-order valence-corrected chi connectivity index (χ1v) is 10.9. The molecular weight excluding hydrogens is 388 g/mol. The molecular formula is C25H28N4O2. The highest BCUT2D eigenvalue weighted by atomic mass is 16.2. The third-order valence-corrected chi connectivity index (χ3v) is 6.07. The molecule has 1 N–H and O–H groups in total. The summed E-state index contributed by atoms with van der Waals surface area (Å²) in [4.78, 5) is 35.3. The molecule has 3 aromatic rings. The SMILES string of the molecule is Cc1ccn(C(C)c2ccccc2)c(=O)c1C(=O)NCCc1nc(C)c2c(n1)CCC2. The zero-order valence-electron chi connectivity index (χ0n) is 18.3. The van der Waals surface area contributed by atoms with E-state index in [9.17, 15) is 9.59 Å². The maximum Gasteiger partial charge on any atom is 0.264 e. The third kappa shape index (κ3) is 4.29. The molecule has 1 aromatic carbocycles. The fourth-order valence-corrected chi connectivity index (χ4v) is 4.29. The van der Waals surface area contributed by atoms with Gasteiger partial charge >= 0.3 is 0 Å². The number of pyridine rings is 1. The van der Waals surface area contributed by atoms with Crippen LogP contribution in [0, 0.1) is 13.8 Å². The van der Waals surface area contributed by atoms with Crippen LogP contribution in [0.3, 0.4) is 0 Å². The number of rotatable bonds is 6. The molecule has 0 bridgehead atoms. The molecule has 0 saturated heterocycles. The lowest BCUT2D eigenvalue weighted by molar-refractivity contribution is 0.0951. The van der Waals surface area contributed by atoms with Crippen molar-refractivity contribution >= 4 is 5.91 Å². The van der Waals surface area contributed by atoms with Crippen molar-refractivity contribution in [1.29, 1.82) is 0 Å². The maximum atomic E-state index is 13.1. The second kappa shape index (κ2) is 8.84. The number of hydrogen-bond acceptors (Lipinski definition) is 4. The van der Waals surface area contributed by atoms with Gasteiger partial charge in [-0.15, -0.1) is 0 Å². The van der Waals surface area contributed by atoms with Crippen molar-refractivity contribution in [1.82, 2.24) is 19.9 Å². The van der Waals surface area contributed by atoms with Crippen LogP contribution in [0.2, 0.25) is 0 Å². The van der Waals surface area contributed by atoms with Crippen molar-refractivity contribution in [3.05, 3.63) is 92.4 Å². The first-order valence-electron chi connectivity index (χ1n) is 10.9. The van der Waals surface area contributed by atoms with Crippen molar-refractivity contribution in [3.63, 3.8) is 0 Å². The summed E-state index contributed by atoms with van der Waals surface area (Å²) < 4.78 is 1.62. The molecule has 31 heavy (non-hydrogen) atoms. The van der Waals surface area contributed by atoms with E-state index in [0.717, 1.165) is 42.0 Å². The predicted octanol–water partition coefficient (Wildman–Crippen LogP) is 3.33. The number of amides is 1. The average molecular weight is 417 g/mol. The van der Waals surface area contributed by atoms with Gasteiger partial charge < -0.3 is 9.88 Å². The lowest BCUT2D eigenvalue weighted by atomic mass is 10.1. The first kappa shape index (κ1) is 21.0. The molecule has 2 heterocycles. The Balaban J connectivity index is 1.49. The van der Waals surface area contributed by atoms with Crippen molar-refractivity contribution in [2.45, 2.75) is 52.5 Å². The molecule has 2 aromatic heterocycles. The van der Waals surface area contributed by atoms with E-state index in [4.69, 9.17) is 0 Å². The van der Waals surface area contributed by atoms with Gasteiger partial charge in [-0.3, -0.25) is 9.59 Å². The lowest BCUT2D eigenvalue weighted by Gasteiger charge is -2.17. The van der Waals surface area contributed by atoms with Gasteiger partial charge in [0.1, 0.15) is 11.4 Å². The molecule has 0 radical (unpaired) electrons. The highest BCUT2D eigenvalue weighted by molar-refractivity contribution is 5.95. The standard InChI is InChI=1S/C25H28N4O2/c1-16-13-15-29(18(3)19-8-5-4-6-9-19)25(31)23(16)24(30)26-14-12-22-27-17(2)20-10-7-11-21(20)28-22/h4-6,8-9,13,15,18H,7,10-12,14H2,1-3H3,(H,26,30). The topological polar surface area (TPSA) is 76.9 Å². The molecule has 1 aliphatic rings. The molecule has 160 valence electrons.